The zero-order valence-corrected chi connectivity index (χ0v) is 17.4. The summed E-state index contributed by atoms with van der Waals surface area (Å²) in [7, 11) is 0. The number of hydrogen-bond donors (Lipinski definition) is 0. The molecule has 0 fully saturated rings. The Hall–Kier alpha value is -2.95. The number of aromatic nitrogens is 5. The fraction of sp³-hybridized carbons (Fsp3) is 0.348. The largest absolute Gasteiger partial charge is 0.255 e. The van der Waals surface area contributed by atoms with Crippen LogP contribution in [0.15, 0.2) is 42.9 Å². The number of rotatable bonds is 2. The lowest BCUT2D eigenvalue weighted by molar-refractivity contribution is 0.867. The van der Waals surface area contributed by atoms with Crippen LogP contribution >= 0.6 is 0 Å². The summed E-state index contributed by atoms with van der Waals surface area (Å²) < 4.78 is 0. The van der Waals surface area contributed by atoms with Crippen LogP contribution in [0.5, 0.6) is 0 Å². The van der Waals surface area contributed by atoms with Gasteiger partial charge in [-0.2, -0.15) is 0 Å². The maximum Gasteiger partial charge on any atom is 0.126 e. The van der Waals surface area contributed by atoms with E-state index < -0.39 is 0 Å². The van der Waals surface area contributed by atoms with Gasteiger partial charge in [-0.1, -0.05) is 27.7 Å². The molecule has 0 aliphatic carbocycles. The van der Waals surface area contributed by atoms with Crippen molar-refractivity contribution in [1.29, 1.82) is 0 Å². The lowest BCUT2D eigenvalue weighted by Crippen LogP contribution is -1.96. The van der Waals surface area contributed by atoms with Crippen LogP contribution in [-0.2, 0) is 0 Å². The molecule has 0 saturated heterocycles. The first kappa shape index (κ1) is 19.8. The SMILES string of the molecule is Cc1ccc2nccc(C(C)C)c2n1.Cc1ncc2nccc(C(C)C)c2n1. The second-order valence-electron chi connectivity index (χ2n) is 7.58. The molecule has 0 aliphatic rings. The van der Waals surface area contributed by atoms with Gasteiger partial charge in [0.25, 0.3) is 0 Å². The molecule has 28 heavy (non-hydrogen) atoms. The van der Waals surface area contributed by atoms with Gasteiger partial charge >= 0.3 is 0 Å². The van der Waals surface area contributed by atoms with Crippen molar-refractivity contribution in [2.45, 2.75) is 53.4 Å². The minimum absolute atomic E-state index is 0.467. The minimum Gasteiger partial charge on any atom is -0.255 e. The quantitative estimate of drug-likeness (QED) is 0.463. The van der Waals surface area contributed by atoms with E-state index in [9.17, 15) is 0 Å². The summed E-state index contributed by atoms with van der Waals surface area (Å²) in [5.74, 6) is 1.76. The van der Waals surface area contributed by atoms with Gasteiger partial charge in [-0.3, -0.25) is 15.0 Å². The standard InChI is InChI=1S/C12H14N2.C11H13N3/c1-8(2)10-6-7-13-11-5-4-9(3)14-12(10)11;1-7(2)9-4-5-12-10-6-13-8(3)14-11(9)10/h4-8H,1-3H3;4-7H,1-3H3. The van der Waals surface area contributed by atoms with Crippen LogP contribution in [-0.4, -0.2) is 24.9 Å². The second kappa shape index (κ2) is 8.38. The molecular formula is C23H27N5. The van der Waals surface area contributed by atoms with E-state index in [1.165, 1.54) is 11.1 Å². The Bertz CT molecular complexity index is 1010. The smallest absolute Gasteiger partial charge is 0.126 e. The molecule has 4 aromatic heterocycles. The summed E-state index contributed by atoms with van der Waals surface area (Å²) in [6.45, 7) is 12.6. The third kappa shape index (κ3) is 4.30. The molecule has 0 bridgehead atoms. The molecule has 0 unspecified atom stereocenters. The molecule has 0 amide bonds. The molecule has 0 aromatic carbocycles. The Kier molecular flexibility index (Phi) is 5.93. The number of pyridine rings is 3. The summed E-state index contributed by atoms with van der Waals surface area (Å²) in [6, 6.07) is 8.11. The minimum atomic E-state index is 0.467. The number of fused-ring (bicyclic) bond motifs is 2. The topological polar surface area (TPSA) is 64.5 Å². The lowest BCUT2D eigenvalue weighted by Gasteiger charge is -2.08. The van der Waals surface area contributed by atoms with E-state index in [1.54, 1.807) is 6.20 Å². The summed E-state index contributed by atoms with van der Waals surface area (Å²) in [6.07, 6.45) is 5.45. The van der Waals surface area contributed by atoms with Crippen LogP contribution in [0.3, 0.4) is 0 Å². The number of nitrogens with zero attached hydrogens (tertiary/aromatic N) is 5. The van der Waals surface area contributed by atoms with E-state index in [2.05, 4.69) is 58.7 Å². The van der Waals surface area contributed by atoms with Crippen molar-refractivity contribution in [2.24, 2.45) is 0 Å². The van der Waals surface area contributed by atoms with Crippen molar-refractivity contribution in [3.8, 4) is 0 Å². The summed E-state index contributed by atoms with van der Waals surface area (Å²) in [4.78, 5) is 21.6. The van der Waals surface area contributed by atoms with E-state index in [0.29, 0.717) is 11.8 Å². The summed E-state index contributed by atoms with van der Waals surface area (Å²) >= 11 is 0. The molecule has 4 aromatic rings. The van der Waals surface area contributed by atoms with Gasteiger partial charge in [0.1, 0.15) is 11.3 Å². The highest BCUT2D eigenvalue weighted by atomic mass is 14.9. The van der Waals surface area contributed by atoms with E-state index >= 15 is 0 Å². The highest BCUT2D eigenvalue weighted by Gasteiger charge is 2.07. The van der Waals surface area contributed by atoms with Crippen LogP contribution in [0.4, 0.5) is 0 Å². The monoisotopic (exact) mass is 373 g/mol. The van der Waals surface area contributed by atoms with Crippen molar-refractivity contribution in [3.05, 3.63) is 65.5 Å². The van der Waals surface area contributed by atoms with Gasteiger partial charge in [0.05, 0.1) is 22.7 Å². The maximum absolute atomic E-state index is 4.53. The van der Waals surface area contributed by atoms with E-state index in [4.69, 9.17) is 0 Å². The molecule has 0 N–H and O–H groups in total. The first-order valence-corrected chi connectivity index (χ1v) is 9.67. The van der Waals surface area contributed by atoms with Gasteiger partial charge in [0.2, 0.25) is 0 Å². The van der Waals surface area contributed by atoms with Crippen LogP contribution in [0.25, 0.3) is 22.1 Å². The average molecular weight is 374 g/mol. The molecule has 0 atom stereocenters. The third-order valence-electron chi connectivity index (χ3n) is 4.63. The highest BCUT2D eigenvalue weighted by Crippen LogP contribution is 2.22. The molecule has 144 valence electrons. The average Bonchev–Trinajstić information content (AvgIpc) is 2.67. The normalized spacial score (nSPS) is 11.1. The first-order chi connectivity index (χ1) is 13.4. The number of hydrogen-bond acceptors (Lipinski definition) is 5. The van der Waals surface area contributed by atoms with Crippen molar-refractivity contribution in [3.63, 3.8) is 0 Å². The molecule has 5 nitrogen and oxygen atoms in total. The predicted octanol–water partition coefficient (Wildman–Crippen LogP) is 5.52. The Labute approximate surface area is 166 Å². The molecule has 0 radical (unpaired) electrons. The second-order valence-corrected chi connectivity index (χ2v) is 7.58. The molecule has 5 heteroatoms. The number of aryl methyl sites for hydroxylation is 2. The van der Waals surface area contributed by atoms with E-state index in [-0.39, 0.29) is 0 Å². The lowest BCUT2D eigenvalue weighted by atomic mass is 10.0. The maximum atomic E-state index is 4.53. The van der Waals surface area contributed by atoms with Gasteiger partial charge < -0.3 is 0 Å². The Morgan fingerprint density at radius 2 is 1.21 bits per heavy atom. The van der Waals surface area contributed by atoms with Gasteiger partial charge in [-0.05, 0) is 61.1 Å². The molecule has 4 heterocycles. The van der Waals surface area contributed by atoms with Crippen molar-refractivity contribution < 1.29 is 0 Å². The van der Waals surface area contributed by atoms with Crippen molar-refractivity contribution in [2.75, 3.05) is 0 Å². The molecule has 0 spiro atoms. The first-order valence-electron chi connectivity index (χ1n) is 9.67. The highest BCUT2D eigenvalue weighted by molar-refractivity contribution is 5.78. The van der Waals surface area contributed by atoms with E-state index in [0.717, 1.165) is 33.6 Å². The van der Waals surface area contributed by atoms with Crippen molar-refractivity contribution >= 4 is 22.1 Å². The molecule has 4 rings (SSSR count). The molecule has 0 saturated carbocycles. The Morgan fingerprint density at radius 1 is 0.643 bits per heavy atom. The van der Waals surface area contributed by atoms with Crippen molar-refractivity contribution in [1.82, 2.24) is 24.9 Å². The zero-order chi connectivity index (χ0) is 20.3. The fourth-order valence-corrected chi connectivity index (χ4v) is 3.12. The van der Waals surface area contributed by atoms with Gasteiger partial charge in [-0.15, -0.1) is 0 Å². The van der Waals surface area contributed by atoms with Gasteiger partial charge in [0, 0.05) is 18.1 Å². The van der Waals surface area contributed by atoms with Crippen LogP contribution < -0.4 is 0 Å². The van der Waals surface area contributed by atoms with Crippen LogP contribution in [0.2, 0.25) is 0 Å². The third-order valence-corrected chi connectivity index (χ3v) is 4.63. The molecular weight excluding hydrogens is 346 g/mol. The predicted molar refractivity (Wildman–Crippen MR) is 115 cm³/mol. The Balaban J connectivity index is 0.000000161. The van der Waals surface area contributed by atoms with Crippen LogP contribution in [0, 0.1) is 13.8 Å². The summed E-state index contributed by atoms with van der Waals surface area (Å²) in [5.41, 5.74) is 7.45. The van der Waals surface area contributed by atoms with E-state index in [1.807, 2.05) is 44.4 Å². The molecule has 0 aliphatic heterocycles. The van der Waals surface area contributed by atoms with Gasteiger partial charge in [0.15, 0.2) is 0 Å². The summed E-state index contributed by atoms with van der Waals surface area (Å²) in [5, 5.41) is 0. The van der Waals surface area contributed by atoms with Crippen LogP contribution in [0.1, 0.15) is 62.2 Å². The Morgan fingerprint density at radius 3 is 1.82 bits per heavy atom. The zero-order valence-electron chi connectivity index (χ0n) is 17.4. The fourth-order valence-electron chi connectivity index (χ4n) is 3.12. The van der Waals surface area contributed by atoms with Gasteiger partial charge in [-0.25, -0.2) is 9.97 Å².